The maximum atomic E-state index is 12.8. The van der Waals surface area contributed by atoms with E-state index in [1.165, 1.54) is 0 Å². The highest BCUT2D eigenvalue weighted by Crippen LogP contribution is 2.33. The first-order chi connectivity index (χ1) is 14.5. The van der Waals surface area contributed by atoms with Gasteiger partial charge in [0.1, 0.15) is 0 Å². The van der Waals surface area contributed by atoms with Crippen LogP contribution in [-0.2, 0) is 20.7 Å². The molecule has 160 valence electrons. The van der Waals surface area contributed by atoms with Gasteiger partial charge in [-0.25, -0.2) is 0 Å². The fourth-order valence-corrected chi connectivity index (χ4v) is 3.78. The zero-order valence-electron chi connectivity index (χ0n) is 17.7. The molecule has 0 saturated carbocycles. The van der Waals surface area contributed by atoms with Crippen molar-refractivity contribution in [3.05, 3.63) is 59.2 Å². The van der Waals surface area contributed by atoms with E-state index in [0.717, 1.165) is 47.6 Å². The molecule has 6 heteroatoms. The van der Waals surface area contributed by atoms with Crippen molar-refractivity contribution in [3.63, 3.8) is 0 Å². The van der Waals surface area contributed by atoms with Crippen LogP contribution in [0, 0.1) is 6.92 Å². The minimum Gasteiger partial charge on any atom is -0.481 e. The first-order valence-corrected chi connectivity index (χ1v) is 10.5. The van der Waals surface area contributed by atoms with E-state index >= 15 is 0 Å². The first-order valence-electron chi connectivity index (χ1n) is 10.5. The second kappa shape index (κ2) is 10.3. The number of carbonyl (C=O) groups excluding carboxylic acids is 1. The number of ether oxygens (including phenoxy) is 1. The van der Waals surface area contributed by atoms with Gasteiger partial charge >= 0.3 is 5.97 Å². The molecular formula is C24H30N2O4. The van der Waals surface area contributed by atoms with Crippen molar-refractivity contribution in [1.29, 1.82) is 0 Å². The number of nitrogens with zero attached hydrogens (tertiary/aromatic N) is 1. The van der Waals surface area contributed by atoms with E-state index in [0.29, 0.717) is 19.6 Å². The molecule has 0 radical (unpaired) electrons. The number of amides is 1. The summed E-state index contributed by atoms with van der Waals surface area (Å²) in [6, 6.07) is 13.8. The smallest absolute Gasteiger partial charge is 0.303 e. The number of hydrogen-bond donors (Lipinski definition) is 2. The molecule has 1 fully saturated rings. The first kappa shape index (κ1) is 21.8. The van der Waals surface area contributed by atoms with E-state index < -0.39 is 5.97 Å². The number of benzene rings is 2. The Kier molecular flexibility index (Phi) is 7.46. The number of carboxylic acid groups (broad SMARTS) is 1. The molecule has 1 heterocycles. The Labute approximate surface area is 177 Å². The summed E-state index contributed by atoms with van der Waals surface area (Å²) >= 11 is 0. The normalized spacial score (nSPS) is 14.9. The van der Waals surface area contributed by atoms with Gasteiger partial charge in [-0.05, 0) is 42.5 Å². The standard InChI is InChI=1S/C24H30N2O4/c1-3-19(16-24(28)29)20-8-9-22(26-10-12-30-13-11-26)21(15-20)25-23(27)14-18-6-4-17(2)5-7-18/h4-9,15,19H,3,10-14,16H2,1-2H3,(H,25,27)(H,28,29). The molecule has 30 heavy (non-hydrogen) atoms. The van der Waals surface area contributed by atoms with Crippen molar-refractivity contribution in [1.82, 2.24) is 0 Å². The van der Waals surface area contributed by atoms with Crippen molar-refractivity contribution in [2.45, 2.75) is 39.0 Å². The van der Waals surface area contributed by atoms with Gasteiger partial charge in [-0.3, -0.25) is 9.59 Å². The van der Waals surface area contributed by atoms with Crippen LogP contribution in [-0.4, -0.2) is 43.3 Å². The van der Waals surface area contributed by atoms with E-state index in [9.17, 15) is 14.7 Å². The van der Waals surface area contributed by atoms with Crippen molar-refractivity contribution >= 4 is 23.3 Å². The molecule has 1 aliphatic rings. The van der Waals surface area contributed by atoms with Gasteiger partial charge in [0.15, 0.2) is 0 Å². The number of aliphatic carboxylic acids is 1. The Morgan fingerprint density at radius 3 is 2.47 bits per heavy atom. The van der Waals surface area contributed by atoms with Crippen LogP contribution in [0.5, 0.6) is 0 Å². The molecule has 0 aliphatic carbocycles. The van der Waals surface area contributed by atoms with E-state index in [2.05, 4.69) is 10.2 Å². The van der Waals surface area contributed by atoms with Crippen LogP contribution in [0.3, 0.4) is 0 Å². The van der Waals surface area contributed by atoms with Crippen LogP contribution < -0.4 is 10.2 Å². The van der Waals surface area contributed by atoms with Gasteiger partial charge in [0, 0.05) is 13.1 Å². The topological polar surface area (TPSA) is 78.9 Å². The fraction of sp³-hybridized carbons (Fsp3) is 0.417. The van der Waals surface area contributed by atoms with E-state index in [1.54, 1.807) is 0 Å². The molecule has 2 N–H and O–H groups in total. The number of hydrogen-bond acceptors (Lipinski definition) is 4. The Morgan fingerprint density at radius 1 is 1.13 bits per heavy atom. The predicted molar refractivity (Wildman–Crippen MR) is 118 cm³/mol. The second-order valence-electron chi connectivity index (χ2n) is 7.79. The predicted octanol–water partition coefficient (Wildman–Crippen LogP) is 3.98. The number of nitrogens with one attached hydrogen (secondary N) is 1. The van der Waals surface area contributed by atoms with Crippen LogP contribution in [0.4, 0.5) is 11.4 Å². The van der Waals surface area contributed by atoms with Crippen molar-refractivity contribution in [2.75, 3.05) is 36.5 Å². The number of morpholine rings is 1. The third-order valence-electron chi connectivity index (χ3n) is 5.52. The molecule has 0 bridgehead atoms. The van der Waals surface area contributed by atoms with Gasteiger partial charge in [0.25, 0.3) is 0 Å². The summed E-state index contributed by atoms with van der Waals surface area (Å²) < 4.78 is 5.46. The Balaban J connectivity index is 1.85. The minimum atomic E-state index is -0.816. The number of aryl methyl sites for hydroxylation is 1. The molecule has 0 spiro atoms. The Bertz CT molecular complexity index is 873. The number of carboxylic acids is 1. The third kappa shape index (κ3) is 5.83. The number of carbonyl (C=O) groups is 2. The largest absolute Gasteiger partial charge is 0.481 e. The lowest BCUT2D eigenvalue weighted by molar-refractivity contribution is -0.137. The highest BCUT2D eigenvalue weighted by atomic mass is 16.5. The maximum Gasteiger partial charge on any atom is 0.303 e. The quantitative estimate of drug-likeness (QED) is 0.688. The molecule has 1 amide bonds. The van der Waals surface area contributed by atoms with Gasteiger partial charge in [-0.15, -0.1) is 0 Å². The van der Waals surface area contributed by atoms with Gasteiger partial charge in [0.05, 0.1) is 37.4 Å². The SMILES string of the molecule is CCC(CC(=O)O)c1ccc(N2CCOCC2)c(NC(=O)Cc2ccc(C)cc2)c1. The Hall–Kier alpha value is -2.86. The average Bonchev–Trinajstić information content (AvgIpc) is 2.74. The number of anilines is 2. The Morgan fingerprint density at radius 2 is 1.83 bits per heavy atom. The van der Waals surface area contributed by atoms with Crippen molar-refractivity contribution in [3.8, 4) is 0 Å². The molecule has 2 aromatic rings. The van der Waals surface area contributed by atoms with Crippen LogP contribution in [0.2, 0.25) is 0 Å². The molecule has 1 unspecified atom stereocenters. The average molecular weight is 411 g/mol. The van der Waals surface area contributed by atoms with Gasteiger partial charge in [0.2, 0.25) is 5.91 Å². The molecular weight excluding hydrogens is 380 g/mol. The second-order valence-corrected chi connectivity index (χ2v) is 7.79. The summed E-state index contributed by atoms with van der Waals surface area (Å²) in [6.07, 6.45) is 1.09. The van der Waals surface area contributed by atoms with E-state index in [-0.39, 0.29) is 18.2 Å². The summed E-state index contributed by atoms with van der Waals surface area (Å²) in [6.45, 7) is 6.81. The zero-order chi connectivity index (χ0) is 21.5. The summed E-state index contributed by atoms with van der Waals surface area (Å²) in [5.74, 6) is -0.991. The molecule has 1 aliphatic heterocycles. The van der Waals surface area contributed by atoms with E-state index in [1.807, 2.05) is 56.3 Å². The lowest BCUT2D eigenvalue weighted by Crippen LogP contribution is -2.36. The van der Waals surface area contributed by atoms with Crippen molar-refractivity contribution in [2.24, 2.45) is 0 Å². The molecule has 1 saturated heterocycles. The zero-order valence-corrected chi connectivity index (χ0v) is 17.7. The van der Waals surface area contributed by atoms with Crippen LogP contribution in [0.1, 0.15) is 42.4 Å². The van der Waals surface area contributed by atoms with Gasteiger partial charge < -0.3 is 20.1 Å². The summed E-state index contributed by atoms with van der Waals surface area (Å²) in [7, 11) is 0. The summed E-state index contributed by atoms with van der Waals surface area (Å²) in [5, 5.41) is 12.3. The van der Waals surface area contributed by atoms with Gasteiger partial charge in [-0.1, -0.05) is 42.8 Å². The molecule has 2 aromatic carbocycles. The van der Waals surface area contributed by atoms with Crippen LogP contribution >= 0.6 is 0 Å². The van der Waals surface area contributed by atoms with Gasteiger partial charge in [-0.2, -0.15) is 0 Å². The highest BCUT2D eigenvalue weighted by molar-refractivity contribution is 5.95. The summed E-state index contributed by atoms with van der Waals surface area (Å²) in [4.78, 5) is 26.2. The molecule has 6 nitrogen and oxygen atoms in total. The lowest BCUT2D eigenvalue weighted by atomic mass is 9.92. The summed E-state index contributed by atoms with van der Waals surface area (Å²) in [5.41, 5.74) is 4.73. The third-order valence-corrected chi connectivity index (χ3v) is 5.52. The fourth-order valence-electron chi connectivity index (χ4n) is 3.78. The molecule has 0 aromatic heterocycles. The molecule has 1 atom stereocenters. The van der Waals surface area contributed by atoms with Crippen LogP contribution in [0.25, 0.3) is 0 Å². The minimum absolute atomic E-state index is 0.0736. The number of rotatable bonds is 8. The van der Waals surface area contributed by atoms with Crippen molar-refractivity contribution < 1.29 is 19.4 Å². The monoisotopic (exact) mass is 410 g/mol. The van der Waals surface area contributed by atoms with E-state index in [4.69, 9.17) is 4.74 Å². The lowest BCUT2D eigenvalue weighted by Gasteiger charge is -2.31. The maximum absolute atomic E-state index is 12.8. The highest BCUT2D eigenvalue weighted by Gasteiger charge is 2.20. The van der Waals surface area contributed by atoms with Crippen LogP contribution in [0.15, 0.2) is 42.5 Å². The molecule has 3 rings (SSSR count).